The lowest BCUT2D eigenvalue weighted by Gasteiger charge is -2.18. The molecule has 0 bridgehead atoms. The minimum atomic E-state index is -0.358. The first-order valence-electron chi connectivity index (χ1n) is 7.91. The Hall–Kier alpha value is -2.48. The maximum atomic E-state index is 11.8. The first-order chi connectivity index (χ1) is 11.0. The van der Waals surface area contributed by atoms with Gasteiger partial charge in [0.15, 0.2) is 0 Å². The number of nitriles is 1. The van der Waals surface area contributed by atoms with Crippen molar-refractivity contribution in [2.45, 2.75) is 40.2 Å². The van der Waals surface area contributed by atoms with Crippen LogP contribution in [0.2, 0.25) is 0 Å². The monoisotopic (exact) mass is 315 g/mol. The van der Waals surface area contributed by atoms with Gasteiger partial charge in [-0.1, -0.05) is 24.6 Å². The van der Waals surface area contributed by atoms with Crippen LogP contribution >= 0.6 is 0 Å². The number of rotatable bonds is 8. The third-order valence-corrected chi connectivity index (χ3v) is 3.31. The average Bonchev–Trinajstić information content (AvgIpc) is 2.55. The fourth-order valence-electron chi connectivity index (χ4n) is 2.07. The molecule has 1 unspecified atom stereocenters. The predicted octanol–water partition coefficient (Wildman–Crippen LogP) is 2.98. The van der Waals surface area contributed by atoms with E-state index in [-0.39, 0.29) is 17.5 Å². The molecule has 0 aromatic heterocycles. The number of carbonyl (C=O) groups is 1. The Labute approximate surface area is 138 Å². The summed E-state index contributed by atoms with van der Waals surface area (Å²) in [6.45, 7) is 9.02. The van der Waals surface area contributed by atoms with E-state index < -0.39 is 0 Å². The Balaban J connectivity index is 2.88. The molecule has 0 saturated carbocycles. The summed E-state index contributed by atoms with van der Waals surface area (Å²) >= 11 is 0. The van der Waals surface area contributed by atoms with Gasteiger partial charge in [-0.3, -0.25) is 4.79 Å². The molecule has 0 aliphatic rings. The summed E-state index contributed by atoms with van der Waals surface area (Å²) in [6.07, 6.45) is 2.29. The Kier molecular flexibility index (Phi) is 7.69. The van der Waals surface area contributed by atoms with Crippen molar-refractivity contribution in [3.8, 4) is 11.8 Å². The van der Waals surface area contributed by atoms with Gasteiger partial charge < -0.3 is 15.4 Å². The van der Waals surface area contributed by atoms with E-state index in [4.69, 9.17) is 10.00 Å². The van der Waals surface area contributed by atoms with E-state index in [1.807, 2.05) is 52.0 Å². The molecule has 0 radical (unpaired) electrons. The second kappa shape index (κ2) is 9.52. The van der Waals surface area contributed by atoms with Gasteiger partial charge in [0.25, 0.3) is 5.91 Å². The number of carbonyl (C=O) groups excluding carboxylic acids is 1. The van der Waals surface area contributed by atoms with Gasteiger partial charge in [-0.05, 0) is 33.3 Å². The van der Waals surface area contributed by atoms with Crippen LogP contribution in [0.4, 0.5) is 0 Å². The number of nitrogens with one attached hydrogen (secondary N) is 2. The van der Waals surface area contributed by atoms with Gasteiger partial charge in [-0.25, -0.2) is 0 Å². The zero-order valence-corrected chi connectivity index (χ0v) is 14.3. The molecule has 5 nitrogen and oxygen atoms in total. The van der Waals surface area contributed by atoms with Crippen molar-refractivity contribution in [3.05, 3.63) is 41.1 Å². The topological polar surface area (TPSA) is 74.2 Å². The molecular weight excluding hydrogens is 290 g/mol. The molecule has 124 valence electrons. The normalized spacial score (nSPS) is 12.2. The second-order valence-corrected chi connectivity index (χ2v) is 5.29. The third kappa shape index (κ3) is 5.67. The highest BCUT2D eigenvalue weighted by Crippen LogP contribution is 2.26. The van der Waals surface area contributed by atoms with Gasteiger partial charge in [0.05, 0.1) is 12.6 Å². The van der Waals surface area contributed by atoms with Crippen LogP contribution in [0.1, 0.15) is 44.4 Å². The number of nitrogens with zero attached hydrogens (tertiary/aromatic N) is 1. The van der Waals surface area contributed by atoms with Gasteiger partial charge in [0.1, 0.15) is 17.4 Å². The summed E-state index contributed by atoms with van der Waals surface area (Å²) in [5, 5.41) is 14.9. The number of ether oxygens (including phenoxy) is 1. The van der Waals surface area contributed by atoms with Crippen molar-refractivity contribution in [1.29, 1.82) is 5.26 Å². The summed E-state index contributed by atoms with van der Waals surface area (Å²) < 4.78 is 5.64. The highest BCUT2D eigenvalue weighted by molar-refractivity contribution is 5.97. The summed E-state index contributed by atoms with van der Waals surface area (Å²) in [4.78, 5) is 11.8. The van der Waals surface area contributed by atoms with Gasteiger partial charge >= 0.3 is 0 Å². The van der Waals surface area contributed by atoms with Gasteiger partial charge in [-0.2, -0.15) is 5.26 Å². The summed E-state index contributed by atoms with van der Waals surface area (Å²) in [6, 6.07) is 7.82. The van der Waals surface area contributed by atoms with Gasteiger partial charge in [0.2, 0.25) is 0 Å². The molecule has 0 fully saturated rings. The van der Waals surface area contributed by atoms with Crippen molar-refractivity contribution < 1.29 is 9.53 Å². The Morgan fingerprint density at radius 3 is 2.78 bits per heavy atom. The van der Waals surface area contributed by atoms with Crippen molar-refractivity contribution in [2.75, 3.05) is 13.2 Å². The first kappa shape index (κ1) is 18.6. The predicted molar refractivity (Wildman–Crippen MR) is 90.9 cm³/mol. The van der Waals surface area contributed by atoms with Crippen molar-refractivity contribution in [1.82, 2.24) is 10.6 Å². The zero-order chi connectivity index (χ0) is 17.2. The highest BCUT2D eigenvalue weighted by Gasteiger charge is 2.13. The lowest BCUT2D eigenvalue weighted by molar-refractivity contribution is -0.117. The summed E-state index contributed by atoms with van der Waals surface area (Å²) in [5.74, 6) is 0.448. The molecule has 1 atom stereocenters. The molecule has 1 rings (SSSR count). The summed E-state index contributed by atoms with van der Waals surface area (Å²) in [7, 11) is 0. The second-order valence-electron chi connectivity index (χ2n) is 5.29. The molecule has 0 aliphatic carbocycles. The molecule has 5 heteroatoms. The molecular formula is C18H25N3O2. The van der Waals surface area contributed by atoms with E-state index in [1.54, 1.807) is 0 Å². The van der Waals surface area contributed by atoms with E-state index in [2.05, 4.69) is 10.6 Å². The minimum absolute atomic E-state index is 0.0657. The Morgan fingerprint density at radius 1 is 1.43 bits per heavy atom. The lowest BCUT2D eigenvalue weighted by atomic mass is 10.0. The molecule has 23 heavy (non-hydrogen) atoms. The Morgan fingerprint density at radius 2 is 2.17 bits per heavy atom. The standard InChI is InChI=1S/C18H25N3O2/c1-5-9-20-18(22)15(11-19)12-21-14(4)16-10-13(3)7-8-17(16)23-6-2/h7-8,10,12,14,21H,5-6,9H2,1-4H3,(H,20,22)/b15-12-. The first-order valence-corrected chi connectivity index (χ1v) is 7.91. The number of benzene rings is 1. The van der Waals surface area contributed by atoms with E-state index >= 15 is 0 Å². The van der Waals surface area contributed by atoms with Crippen LogP contribution in [0.25, 0.3) is 0 Å². The molecule has 2 N–H and O–H groups in total. The molecule has 1 amide bonds. The number of amides is 1. The smallest absolute Gasteiger partial charge is 0.263 e. The van der Waals surface area contributed by atoms with Crippen LogP contribution in [-0.4, -0.2) is 19.1 Å². The number of hydrogen-bond donors (Lipinski definition) is 2. The fraction of sp³-hybridized carbons (Fsp3) is 0.444. The van der Waals surface area contributed by atoms with E-state index in [0.29, 0.717) is 13.2 Å². The van der Waals surface area contributed by atoms with E-state index in [0.717, 1.165) is 23.3 Å². The molecule has 0 aliphatic heterocycles. The zero-order valence-electron chi connectivity index (χ0n) is 14.3. The molecule has 1 aromatic carbocycles. The van der Waals surface area contributed by atoms with Crippen LogP contribution in [0, 0.1) is 18.3 Å². The molecule has 0 spiro atoms. The van der Waals surface area contributed by atoms with E-state index in [9.17, 15) is 4.79 Å². The maximum Gasteiger partial charge on any atom is 0.263 e. The highest BCUT2D eigenvalue weighted by atomic mass is 16.5. The van der Waals surface area contributed by atoms with Gasteiger partial charge in [0, 0.05) is 18.3 Å². The van der Waals surface area contributed by atoms with Crippen molar-refractivity contribution >= 4 is 5.91 Å². The summed E-state index contributed by atoms with van der Waals surface area (Å²) in [5.41, 5.74) is 2.19. The molecule has 1 aromatic rings. The lowest BCUT2D eigenvalue weighted by Crippen LogP contribution is -2.26. The average molecular weight is 315 g/mol. The van der Waals surface area contributed by atoms with Crippen molar-refractivity contribution in [2.24, 2.45) is 0 Å². The SMILES string of the molecule is CCCNC(=O)/C(C#N)=C\NC(C)c1cc(C)ccc1OCC. The van der Waals surface area contributed by atoms with E-state index in [1.165, 1.54) is 6.20 Å². The van der Waals surface area contributed by atoms with Crippen LogP contribution in [-0.2, 0) is 4.79 Å². The largest absolute Gasteiger partial charge is 0.494 e. The van der Waals surface area contributed by atoms with Crippen LogP contribution in [0.5, 0.6) is 5.75 Å². The van der Waals surface area contributed by atoms with Crippen molar-refractivity contribution in [3.63, 3.8) is 0 Å². The number of hydrogen-bond acceptors (Lipinski definition) is 4. The third-order valence-electron chi connectivity index (χ3n) is 3.31. The number of aryl methyl sites for hydroxylation is 1. The molecule has 0 saturated heterocycles. The quantitative estimate of drug-likeness (QED) is 0.571. The van der Waals surface area contributed by atoms with Crippen LogP contribution < -0.4 is 15.4 Å². The van der Waals surface area contributed by atoms with Crippen LogP contribution in [0.3, 0.4) is 0 Å². The Bertz CT molecular complexity index is 603. The maximum absolute atomic E-state index is 11.8. The fourth-order valence-corrected chi connectivity index (χ4v) is 2.07. The van der Waals surface area contributed by atoms with Crippen LogP contribution in [0.15, 0.2) is 30.0 Å². The van der Waals surface area contributed by atoms with Gasteiger partial charge in [-0.15, -0.1) is 0 Å². The molecule has 0 heterocycles. The minimum Gasteiger partial charge on any atom is -0.494 e.